The maximum atomic E-state index is 12.9. The van der Waals surface area contributed by atoms with Crippen LogP contribution in [0.25, 0.3) is 11.0 Å². The Morgan fingerprint density at radius 2 is 1.72 bits per heavy atom. The third kappa shape index (κ3) is 4.82. The second kappa shape index (κ2) is 10.1. The van der Waals surface area contributed by atoms with Crippen molar-refractivity contribution < 1.29 is 49.0 Å². The van der Waals surface area contributed by atoms with Crippen LogP contribution in [0.15, 0.2) is 57.7 Å². The summed E-state index contributed by atoms with van der Waals surface area (Å²) in [6, 6.07) is 12.7. The zero-order valence-corrected chi connectivity index (χ0v) is 19.0. The molecule has 0 radical (unpaired) electrons. The highest BCUT2D eigenvalue weighted by molar-refractivity contribution is 5.86. The minimum Gasteiger partial charge on any atom is -0.507 e. The van der Waals surface area contributed by atoms with Crippen molar-refractivity contribution in [2.75, 3.05) is 0 Å². The Morgan fingerprint density at radius 3 is 2.36 bits per heavy atom. The number of carboxylic acid groups (broad SMARTS) is 1. The van der Waals surface area contributed by atoms with E-state index >= 15 is 0 Å². The molecule has 11 heteroatoms. The molecule has 0 saturated carbocycles. The predicted molar refractivity (Wildman–Crippen MR) is 123 cm³/mol. The molecule has 2 aromatic carbocycles. The first kappa shape index (κ1) is 25.3. The highest BCUT2D eigenvalue weighted by Gasteiger charge is 2.48. The van der Waals surface area contributed by atoms with Gasteiger partial charge < -0.3 is 39.4 Å². The van der Waals surface area contributed by atoms with Crippen LogP contribution >= 0.6 is 0 Å². The van der Waals surface area contributed by atoms with Gasteiger partial charge in [-0.2, -0.15) is 0 Å². The molecule has 1 saturated heterocycles. The number of hydrogen-bond donors (Lipinski definition) is 5. The van der Waals surface area contributed by atoms with Crippen molar-refractivity contribution in [3.8, 4) is 11.5 Å². The smallest absolute Gasteiger partial charge is 0.343 e. The van der Waals surface area contributed by atoms with Gasteiger partial charge in [-0.3, -0.25) is 4.79 Å². The lowest BCUT2D eigenvalue weighted by atomic mass is 9.87. The summed E-state index contributed by atoms with van der Waals surface area (Å²) in [4.78, 5) is 36.1. The molecule has 5 N–H and O–H groups in total. The SMILES string of the molecule is CC(=O)CC(c1ccccc1)c1c(O)c2ccc(O[C@@H]3OC(C(=O)O)[C@H](O)C(O)C3O)cc2oc1=O. The van der Waals surface area contributed by atoms with Crippen LogP contribution in [0.4, 0.5) is 0 Å². The number of carboxylic acids is 1. The topological polar surface area (TPSA) is 184 Å². The normalized spacial score (nSPS) is 24.8. The van der Waals surface area contributed by atoms with E-state index < -0.39 is 48.2 Å². The van der Waals surface area contributed by atoms with Crippen LogP contribution in [0.5, 0.6) is 11.5 Å². The Morgan fingerprint density at radius 1 is 1.03 bits per heavy atom. The summed E-state index contributed by atoms with van der Waals surface area (Å²) in [6.07, 6.45) is -9.08. The van der Waals surface area contributed by atoms with Gasteiger partial charge in [0.2, 0.25) is 6.29 Å². The summed E-state index contributed by atoms with van der Waals surface area (Å²) < 4.78 is 16.0. The second-order valence-corrected chi connectivity index (χ2v) is 8.53. The molecule has 4 unspecified atom stereocenters. The maximum Gasteiger partial charge on any atom is 0.343 e. The lowest BCUT2D eigenvalue weighted by molar-refractivity contribution is -0.271. The van der Waals surface area contributed by atoms with Crippen LogP contribution < -0.4 is 10.4 Å². The molecular weight excluding hydrogens is 476 g/mol. The lowest BCUT2D eigenvalue weighted by Crippen LogP contribution is -2.61. The quantitative estimate of drug-likeness (QED) is 0.290. The molecule has 1 aliphatic heterocycles. The van der Waals surface area contributed by atoms with Crippen molar-refractivity contribution in [2.24, 2.45) is 0 Å². The van der Waals surface area contributed by atoms with E-state index in [2.05, 4.69) is 0 Å². The predicted octanol–water partition coefficient (Wildman–Crippen LogP) is 0.881. The van der Waals surface area contributed by atoms with Crippen molar-refractivity contribution in [1.29, 1.82) is 0 Å². The zero-order valence-electron chi connectivity index (χ0n) is 19.0. The number of fused-ring (bicyclic) bond motifs is 1. The second-order valence-electron chi connectivity index (χ2n) is 8.53. The van der Waals surface area contributed by atoms with E-state index in [1.807, 2.05) is 0 Å². The van der Waals surface area contributed by atoms with Crippen LogP contribution in [0, 0.1) is 0 Å². The number of ketones is 1. The summed E-state index contributed by atoms with van der Waals surface area (Å²) >= 11 is 0. The van der Waals surface area contributed by atoms with Crippen molar-refractivity contribution in [3.63, 3.8) is 0 Å². The standard InChI is InChI=1S/C25H24O11/c1-11(26)9-15(12-5-3-2-4-6-12)17-18(27)14-8-7-13(10-16(14)35-24(17)33)34-25-21(30)19(28)20(29)22(36-25)23(31)32/h2-8,10,15,19-22,25,27-30H,9H2,1H3,(H,31,32)/t15?,19?,20-,21?,22?,25-/m1/s1. The molecule has 0 spiro atoms. The third-order valence-corrected chi connectivity index (χ3v) is 5.99. The summed E-state index contributed by atoms with van der Waals surface area (Å²) in [5, 5.41) is 50.2. The first-order valence-electron chi connectivity index (χ1n) is 11.0. The van der Waals surface area contributed by atoms with Crippen LogP contribution in [-0.4, -0.2) is 68.0 Å². The molecule has 0 aliphatic carbocycles. The van der Waals surface area contributed by atoms with Gasteiger partial charge >= 0.3 is 11.6 Å². The van der Waals surface area contributed by atoms with E-state index in [4.69, 9.17) is 13.9 Å². The number of carbonyl (C=O) groups is 2. The van der Waals surface area contributed by atoms with Gasteiger partial charge in [-0.15, -0.1) is 0 Å². The molecule has 190 valence electrons. The Bertz CT molecular complexity index is 1330. The first-order valence-corrected chi connectivity index (χ1v) is 11.0. The Kier molecular flexibility index (Phi) is 7.09. The van der Waals surface area contributed by atoms with Gasteiger partial charge in [0, 0.05) is 18.4 Å². The average molecular weight is 500 g/mol. The van der Waals surface area contributed by atoms with Gasteiger partial charge in [-0.25, -0.2) is 9.59 Å². The fourth-order valence-electron chi connectivity index (χ4n) is 4.20. The van der Waals surface area contributed by atoms with E-state index in [0.717, 1.165) is 0 Å². The maximum absolute atomic E-state index is 12.9. The monoisotopic (exact) mass is 500 g/mol. The molecule has 1 fully saturated rings. The van der Waals surface area contributed by atoms with Crippen molar-refractivity contribution in [2.45, 2.75) is 50.0 Å². The lowest BCUT2D eigenvalue weighted by Gasteiger charge is -2.38. The molecular formula is C25H24O11. The third-order valence-electron chi connectivity index (χ3n) is 5.99. The average Bonchev–Trinajstić information content (AvgIpc) is 2.83. The van der Waals surface area contributed by atoms with Gasteiger partial charge in [-0.1, -0.05) is 30.3 Å². The highest BCUT2D eigenvalue weighted by atomic mass is 16.7. The fourth-order valence-corrected chi connectivity index (χ4v) is 4.20. The number of Topliss-reactive ketones (excluding diaryl/α,β-unsaturated/α-hetero) is 1. The number of aliphatic hydroxyl groups is 3. The summed E-state index contributed by atoms with van der Waals surface area (Å²) in [6.45, 7) is 1.38. The minimum absolute atomic E-state index is 0.0368. The van der Waals surface area contributed by atoms with Crippen molar-refractivity contribution >= 4 is 22.7 Å². The number of carbonyl (C=O) groups excluding carboxylic acids is 1. The van der Waals surface area contributed by atoms with Crippen LogP contribution in [0.1, 0.15) is 30.4 Å². The molecule has 36 heavy (non-hydrogen) atoms. The van der Waals surface area contributed by atoms with Crippen LogP contribution in [-0.2, 0) is 14.3 Å². The fraction of sp³-hybridized carbons (Fsp3) is 0.320. The van der Waals surface area contributed by atoms with E-state index in [1.54, 1.807) is 30.3 Å². The van der Waals surface area contributed by atoms with E-state index in [1.165, 1.54) is 25.1 Å². The van der Waals surface area contributed by atoms with Crippen LogP contribution in [0.2, 0.25) is 0 Å². The van der Waals surface area contributed by atoms with Crippen molar-refractivity contribution in [1.82, 2.24) is 0 Å². The molecule has 6 atom stereocenters. The van der Waals surface area contributed by atoms with Gasteiger partial charge in [0.15, 0.2) is 6.10 Å². The Hall–Kier alpha value is -3.77. The molecule has 0 amide bonds. The minimum atomic E-state index is -1.88. The molecule has 3 aromatic rings. The molecule has 1 aliphatic rings. The van der Waals surface area contributed by atoms with Gasteiger partial charge in [0.05, 0.1) is 10.9 Å². The van der Waals surface area contributed by atoms with Crippen molar-refractivity contribution in [3.05, 3.63) is 70.1 Å². The Labute approximate surface area is 203 Å². The summed E-state index contributed by atoms with van der Waals surface area (Å²) in [7, 11) is 0. The molecule has 0 bridgehead atoms. The van der Waals surface area contributed by atoms with E-state index in [0.29, 0.717) is 5.56 Å². The highest BCUT2D eigenvalue weighted by Crippen LogP contribution is 2.37. The largest absolute Gasteiger partial charge is 0.507 e. The summed E-state index contributed by atoms with van der Waals surface area (Å²) in [5.41, 5.74) is -0.392. The van der Waals surface area contributed by atoms with E-state index in [9.17, 15) is 39.9 Å². The number of aliphatic hydroxyl groups excluding tert-OH is 3. The summed E-state index contributed by atoms with van der Waals surface area (Å²) in [5.74, 6) is -2.92. The number of aromatic hydroxyl groups is 1. The molecule has 11 nitrogen and oxygen atoms in total. The number of rotatable bonds is 7. The first-order chi connectivity index (χ1) is 17.1. The zero-order chi connectivity index (χ0) is 26.1. The molecule has 2 heterocycles. The number of ether oxygens (including phenoxy) is 2. The molecule has 1 aromatic heterocycles. The number of aliphatic carboxylic acids is 1. The number of hydrogen-bond acceptors (Lipinski definition) is 10. The number of benzene rings is 2. The van der Waals surface area contributed by atoms with Gasteiger partial charge in [0.25, 0.3) is 0 Å². The van der Waals surface area contributed by atoms with Crippen LogP contribution in [0.3, 0.4) is 0 Å². The Balaban J connectivity index is 1.70. The van der Waals surface area contributed by atoms with Gasteiger partial charge in [-0.05, 0) is 24.6 Å². The van der Waals surface area contributed by atoms with E-state index in [-0.39, 0.29) is 40.2 Å². The molecule has 4 rings (SSSR count). The van der Waals surface area contributed by atoms with Gasteiger partial charge in [0.1, 0.15) is 41.2 Å².